The van der Waals surface area contributed by atoms with Gasteiger partial charge in [-0.05, 0) is 53.9 Å². The molecule has 0 aliphatic carbocycles. The first-order valence-electron chi connectivity index (χ1n) is 10.5. The number of nitrogens with one attached hydrogen (secondary N) is 2. The molecular formula is C26H18F3N3O4. The zero-order valence-corrected chi connectivity index (χ0v) is 18.7. The van der Waals surface area contributed by atoms with Crippen LogP contribution in [0.1, 0.15) is 36.6 Å². The van der Waals surface area contributed by atoms with E-state index in [0.717, 1.165) is 12.1 Å². The number of hydrogen-bond acceptors (Lipinski definition) is 5. The predicted molar refractivity (Wildman–Crippen MR) is 127 cm³/mol. The molecular weight excluding hydrogens is 475 g/mol. The van der Waals surface area contributed by atoms with Gasteiger partial charge in [-0.15, -0.1) is 0 Å². The monoisotopic (exact) mass is 493 g/mol. The second-order valence-electron chi connectivity index (χ2n) is 7.68. The normalized spacial score (nSPS) is 11.1. The van der Waals surface area contributed by atoms with Crippen molar-refractivity contribution in [3.05, 3.63) is 101 Å². The van der Waals surface area contributed by atoms with E-state index in [4.69, 9.17) is 4.74 Å². The fraction of sp³-hybridized carbons (Fsp3) is 0.0769. The fourth-order valence-electron chi connectivity index (χ4n) is 3.51. The zero-order chi connectivity index (χ0) is 25.9. The standard InChI is InChI=1S/C26H18F3N3O4/c1-36-25(35)22-14-30-13-17-10-16(8-9-21(17)22)24(34)31-19-6-2-4-15(11-19)23(33)32-20-7-3-5-18(12-20)26(27,28)29/h2-14H,1H3,(H,31,34)(H,32,33). The van der Waals surface area contributed by atoms with Crippen molar-refractivity contribution in [3.63, 3.8) is 0 Å². The van der Waals surface area contributed by atoms with Crippen molar-refractivity contribution in [2.75, 3.05) is 17.7 Å². The first-order chi connectivity index (χ1) is 17.2. The van der Waals surface area contributed by atoms with Crippen LogP contribution in [0.4, 0.5) is 24.5 Å². The van der Waals surface area contributed by atoms with Gasteiger partial charge >= 0.3 is 12.1 Å². The van der Waals surface area contributed by atoms with Crippen molar-refractivity contribution in [1.29, 1.82) is 0 Å². The molecule has 0 radical (unpaired) electrons. The maximum Gasteiger partial charge on any atom is 0.416 e. The van der Waals surface area contributed by atoms with Crippen LogP contribution < -0.4 is 10.6 Å². The third-order valence-electron chi connectivity index (χ3n) is 5.26. The summed E-state index contributed by atoms with van der Waals surface area (Å²) in [6, 6.07) is 15.0. The minimum absolute atomic E-state index is 0.0136. The molecule has 10 heteroatoms. The molecule has 36 heavy (non-hydrogen) atoms. The average molecular weight is 493 g/mol. The number of ether oxygens (including phenoxy) is 1. The largest absolute Gasteiger partial charge is 0.465 e. The van der Waals surface area contributed by atoms with Crippen LogP contribution in [0, 0.1) is 0 Å². The van der Waals surface area contributed by atoms with E-state index in [-0.39, 0.29) is 22.4 Å². The van der Waals surface area contributed by atoms with Crippen molar-refractivity contribution in [1.82, 2.24) is 4.98 Å². The van der Waals surface area contributed by atoms with E-state index >= 15 is 0 Å². The van der Waals surface area contributed by atoms with Crippen LogP contribution in [0.3, 0.4) is 0 Å². The van der Waals surface area contributed by atoms with Crippen LogP contribution in [0.25, 0.3) is 10.8 Å². The highest BCUT2D eigenvalue weighted by Gasteiger charge is 2.30. The molecule has 0 aliphatic heterocycles. The molecule has 1 heterocycles. The molecule has 0 unspecified atom stereocenters. The first-order valence-corrected chi connectivity index (χ1v) is 10.5. The summed E-state index contributed by atoms with van der Waals surface area (Å²) in [6.07, 6.45) is -1.65. The lowest BCUT2D eigenvalue weighted by atomic mass is 10.0. The van der Waals surface area contributed by atoms with E-state index in [1.54, 1.807) is 18.2 Å². The Balaban J connectivity index is 1.51. The number of carbonyl (C=O) groups is 3. The van der Waals surface area contributed by atoms with E-state index in [9.17, 15) is 27.6 Å². The van der Waals surface area contributed by atoms with Crippen LogP contribution in [0.15, 0.2) is 79.1 Å². The lowest BCUT2D eigenvalue weighted by Crippen LogP contribution is -2.15. The number of halogens is 3. The van der Waals surface area contributed by atoms with Gasteiger partial charge in [0.1, 0.15) is 0 Å². The Morgan fingerprint density at radius 1 is 0.806 bits per heavy atom. The van der Waals surface area contributed by atoms with Crippen LogP contribution in [-0.2, 0) is 10.9 Å². The summed E-state index contributed by atoms with van der Waals surface area (Å²) in [5.41, 5.74) is 0.0893. The Labute approximate surface area is 202 Å². The van der Waals surface area contributed by atoms with E-state index in [1.165, 1.54) is 55.9 Å². The number of anilines is 2. The van der Waals surface area contributed by atoms with Gasteiger partial charge in [0.15, 0.2) is 0 Å². The molecule has 1 aromatic heterocycles. The van der Waals surface area contributed by atoms with Gasteiger partial charge in [0, 0.05) is 40.3 Å². The maximum atomic E-state index is 12.9. The third kappa shape index (κ3) is 5.33. The SMILES string of the molecule is COC(=O)c1cncc2cc(C(=O)Nc3cccc(C(=O)Nc4cccc(C(F)(F)F)c4)c3)ccc12. The molecule has 0 spiro atoms. The molecule has 0 bridgehead atoms. The second kappa shape index (κ2) is 9.87. The number of hydrogen-bond donors (Lipinski definition) is 2. The highest BCUT2D eigenvalue weighted by atomic mass is 19.4. The maximum absolute atomic E-state index is 12.9. The Morgan fingerprint density at radius 3 is 2.11 bits per heavy atom. The van der Waals surface area contributed by atoms with Crippen LogP contribution in [0.2, 0.25) is 0 Å². The number of pyridine rings is 1. The third-order valence-corrected chi connectivity index (χ3v) is 5.26. The lowest BCUT2D eigenvalue weighted by molar-refractivity contribution is -0.137. The van der Waals surface area contributed by atoms with Gasteiger partial charge in [-0.25, -0.2) is 4.79 Å². The minimum Gasteiger partial charge on any atom is -0.465 e. The number of esters is 1. The number of nitrogens with zero attached hydrogens (tertiary/aromatic N) is 1. The predicted octanol–water partition coefficient (Wildman–Crippen LogP) is 5.54. The van der Waals surface area contributed by atoms with Crippen molar-refractivity contribution in [3.8, 4) is 0 Å². The van der Waals surface area contributed by atoms with Crippen LogP contribution in [-0.4, -0.2) is 29.9 Å². The van der Waals surface area contributed by atoms with Gasteiger partial charge in [-0.2, -0.15) is 13.2 Å². The van der Waals surface area contributed by atoms with Crippen molar-refractivity contribution < 1.29 is 32.3 Å². The number of methoxy groups -OCH3 is 1. The summed E-state index contributed by atoms with van der Waals surface area (Å²) >= 11 is 0. The Kier molecular flexibility index (Phi) is 6.69. The molecule has 2 amide bonds. The van der Waals surface area contributed by atoms with E-state index in [0.29, 0.717) is 16.5 Å². The van der Waals surface area contributed by atoms with Crippen molar-refractivity contribution >= 4 is 39.9 Å². The second-order valence-corrected chi connectivity index (χ2v) is 7.68. The molecule has 0 saturated heterocycles. The van der Waals surface area contributed by atoms with Crippen molar-refractivity contribution in [2.45, 2.75) is 6.18 Å². The number of aromatic nitrogens is 1. The summed E-state index contributed by atoms with van der Waals surface area (Å²) in [7, 11) is 1.26. The molecule has 2 N–H and O–H groups in total. The first kappa shape index (κ1) is 24.4. The highest BCUT2D eigenvalue weighted by molar-refractivity contribution is 6.10. The Bertz CT molecular complexity index is 1490. The topological polar surface area (TPSA) is 97.4 Å². The van der Waals surface area contributed by atoms with Gasteiger partial charge in [0.05, 0.1) is 18.2 Å². The number of amides is 2. The summed E-state index contributed by atoms with van der Waals surface area (Å²) in [6.45, 7) is 0. The van der Waals surface area contributed by atoms with Crippen molar-refractivity contribution in [2.24, 2.45) is 0 Å². The molecule has 7 nitrogen and oxygen atoms in total. The van der Waals surface area contributed by atoms with Crippen LogP contribution in [0.5, 0.6) is 0 Å². The van der Waals surface area contributed by atoms with Gasteiger partial charge in [-0.1, -0.05) is 18.2 Å². The number of benzene rings is 3. The number of fused-ring (bicyclic) bond motifs is 1. The molecule has 0 aliphatic rings. The minimum atomic E-state index is -4.54. The van der Waals surface area contributed by atoms with E-state index < -0.39 is 29.5 Å². The zero-order valence-electron chi connectivity index (χ0n) is 18.7. The van der Waals surface area contributed by atoms with Gasteiger partial charge < -0.3 is 15.4 Å². The van der Waals surface area contributed by atoms with Crippen LogP contribution >= 0.6 is 0 Å². The summed E-state index contributed by atoms with van der Waals surface area (Å²) in [5.74, 6) is -1.67. The Morgan fingerprint density at radius 2 is 1.44 bits per heavy atom. The fourth-order valence-corrected chi connectivity index (χ4v) is 3.51. The molecule has 4 aromatic rings. The molecule has 0 fully saturated rings. The Hall–Kier alpha value is -4.73. The van der Waals surface area contributed by atoms with E-state index in [1.807, 2.05) is 0 Å². The molecule has 182 valence electrons. The smallest absolute Gasteiger partial charge is 0.416 e. The summed E-state index contributed by atoms with van der Waals surface area (Å²) < 4.78 is 43.5. The molecule has 0 atom stereocenters. The molecule has 4 rings (SSSR count). The van der Waals surface area contributed by atoms with Gasteiger partial charge in [-0.3, -0.25) is 14.6 Å². The number of carbonyl (C=O) groups excluding carboxylic acids is 3. The summed E-state index contributed by atoms with van der Waals surface area (Å²) in [5, 5.41) is 6.23. The lowest BCUT2D eigenvalue weighted by Gasteiger charge is -2.11. The molecule has 0 saturated carbocycles. The summed E-state index contributed by atoms with van der Waals surface area (Å²) in [4.78, 5) is 41.3. The quantitative estimate of drug-likeness (QED) is 0.356. The highest BCUT2D eigenvalue weighted by Crippen LogP contribution is 2.31. The number of rotatable bonds is 5. The van der Waals surface area contributed by atoms with Gasteiger partial charge in [0.25, 0.3) is 11.8 Å². The molecule has 3 aromatic carbocycles. The van der Waals surface area contributed by atoms with E-state index in [2.05, 4.69) is 15.6 Å². The average Bonchev–Trinajstić information content (AvgIpc) is 2.87. The van der Waals surface area contributed by atoms with Gasteiger partial charge in [0.2, 0.25) is 0 Å². The number of alkyl halides is 3.